The van der Waals surface area contributed by atoms with Crippen molar-refractivity contribution in [3.8, 4) is 17.2 Å². The summed E-state index contributed by atoms with van der Waals surface area (Å²) in [5.74, 6) is 3.09. The summed E-state index contributed by atoms with van der Waals surface area (Å²) in [6.45, 7) is 11.1. The number of nitrogens with one attached hydrogen (secondary N) is 1. The standard InChI is InChI=1S/C32H41N3O3/c1-8-27-26(28(16-13-22(2)3)34-25-15-17-30(37-6)31(20-25)38-7)19-23(4)14-18-32(35-27)33-21-24-11-9-10-12-29(24)36-5/h9-12,15,17,19-20,34H,2,8,13-14,16,18,21H2,1,3-7H3. The van der Waals surface area contributed by atoms with Crippen LogP contribution >= 0.6 is 0 Å². The second-order valence-electron chi connectivity index (χ2n) is 9.49. The molecule has 0 fully saturated rings. The molecule has 202 valence electrons. The van der Waals surface area contributed by atoms with Gasteiger partial charge in [0.1, 0.15) is 11.6 Å². The number of para-hydroxylation sites is 1. The molecule has 1 heterocycles. The molecular formula is C32H41N3O3. The van der Waals surface area contributed by atoms with Crippen LogP contribution in [0.5, 0.6) is 17.2 Å². The van der Waals surface area contributed by atoms with Crippen LogP contribution in [0.15, 0.2) is 87.5 Å². The van der Waals surface area contributed by atoms with Gasteiger partial charge in [0, 0.05) is 35.0 Å². The third kappa shape index (κ3) is 7.85. The second kappa shape index (κ2) is 14.2. The average Bonchev–Trinajstić information content (AvgIpc) is 2.92. The number of anilines is 1. The highest BCUT2D eigenvalue weighted by molar-refractivity contribution is 6.10. The lowest BCUT2D eigenvalue weighted by atomic mass is 9.96. The van der Waals surface area contributed by atoms with E-state index in [9.17, 15) is 0 Å². The SMILES string of the molecule is C=C(C)CCC(Nc1ccc(OC)c(OC)c1)=C1C=C(C)CCC(=NCc2ccccc2OC)N=C1CC. The predicted octanol–water partition coefficient (Wildman–Crippen LogP) is 7.92. The number of benzene rings is 2. The summed E-state index contributed by atoms with van der Waals surface area (Å²) in [4.78, 5) is 10.0. The Kier molecular flexibility index (Phi) is 10.8. The van der Waals surface area contributed by atoms with E-state index in [1.54, 1.807) is 21.3 Å². The van der Waals surface area contributed by atoms with Crippen molar-refractivity contribution in [3.05, 3.63) is 83.1 Å². The fourth-order valence-corrected chi connectivity index (χ4v) is 4.33. The van der Waals surface area contributed by atoms with Gasteiger partial charge in [-0.3, -0.25) is 4.99 Å². The molecule has 2 aromatic rings. The van der Waals surface area contributed by atoms with Crippen molar-refractivity contribution in [2.75, 3.05) is 26.6 Å². The lowest BCUT2D eigenvalue weighted by molar-refractivity contribution is 0.355. The zero-order chi connectivity index (χ0) is 27.5. The van der Waals surface area contributed by atoms with E-state index >= 15 is 0 Å². The Balaban J connectivity index is 2.05. The molecule has 0 saturated carbocycles. The maximum atomic E-state index is 5.54. The Bertz CT molecular complexity index is 1250. The molecule has 0 saturated heterocycles. The van der Waals surface area contributed by atoms with Gasteiger partial charge in [0.15, 0.2) is 11.5 Å². The minimum atomic E-state index is 0.536. The normalized spacial score (nSPS) is 16.1. The van der Waals surface area contributed by atoms with Crippen LogP contribution in [0.25, 0.3) is 0 Å². The summed E-state index contributed by atoms with van der Waals surface area (Å²) >= 11 is 0. The van der Waals surface area contributed by atoms with E-state index in [0.29, 0.717) is 18.0 Å². The van der Waals surface area contributed by atoms with E-state index in [4.69, 9.17) is 24.2 Å². The maximum absolute atomic E-state index is 5.54. The number of aliphatic imine (C=N–C) groups is 2. The van der Waals surface area contributed by atoms with Crippen molar-refractivity contribution >= 4 is 17.2 Å². The van der Waals surface area contributed by atoms with E-state index in [-0.39, 0.29) is 0 Å². The van der Waals surface area contributed by atoms with Gasteiger partial charge in [-0.1, -0.05) is 42.3 Å². The Hall–Kier alpha value is -3.80. The number of hydrogen-bond donors (Lipinski definition) is 1. The first-order valence-corrected chi connectivity index (χ1v) is 13.1. The lowest BCUT2D eigenvalue weighted by Crippen LogP contribution is -2.14. The molecular weight excluding hydrogens is 474 g/mol. The molecule has 0 aliphatic carbocycles. The van der Waals surface area contributed by atoms with Crippen LogP contribution in [0, 0.1) is 0 Å². The molecule has 1 aliphatic heterocycles. The van der Waals surface area contributed by atoms with Crippen LogP contribution in [0.4, 0.5) is 5.69 Å². The summed E-state index contributed by atoms with van der Waals surface area (Å²) in [5.41, 5.74) is 7.66. The fraction of sp³-hybridized carbons (Fsp3) is 0.375. The van der Waals surface area contributed by atoms with Gasteiger partial charge in [0.25, 0.3) is 0 Å². The highest BCUT2D eigenvalue weighted by Gasteiger charge is 2.16. The summed E-state index contributed by atoms with van der Waals surface area (Å²) in [6, 6.07) is 13.9. The minimum Gasteiger partial charge on any atom is -0.496 e. The Morgan fingerprint density at radius 2 is 1.71 bits per heavy atom. The summed E-state index contributed by atoms with van der Waals surface area (Å²) in [5, 5.41) is 3.67. The first-order valence-electron chi connectivity index (χ1n) is 13.1. The number of methoxy groups -OCH3 is 3. The van der Waals surface area contributed by atoms with Gasteiger partial charge in [0.2, 0.25) is 0 Å². The monoisotopic (exact) mass is 515 g/mol. The minimum absolute atomic E-state index is 0.536. The smallest absolute Gasteiger partial charge is 0.162 e. The van der Waals surface area contributed by atoms with Crippen LogP contribution in [0.1, 0.15) is 58.4 Å². The lowest BCUT2D eigenvalue weighted by Gasteiger charge is -2.20. The van der Waals surface area contributed by atoms with Crippen LogP contribution in [-0.4, -0.2) is 32.9 Å². The highest BCUT2D eigenvalue weighted by Crippen LogP contribution is 2.32. The Morgan fingerprint density at radius 3 is 2.39 bits per heavy atom. The van der Waals surface area contributed by atoms with E-state index in [2.05, 4.69) is 44.8 Å². The molecule has 0 atom stereocenters. The molecule has 1 N–H and O–H groups in total. The van der Waals surface area contributed by atoms with Crippen LogP contribution in [0.3, 0.4) is 0 Å². The number of ether oxygens (including phenoxy) is 3. The fourth-order valence-electron chi connectivity index (χ4n) is 4.33. The number of allylic oxidation sites excluding steroid dienone is 5. The zero-order valence-electron chi connectivity index (χ0n) is 23.7. The van der Waals surface area contributed by atoms with Gasteiger partial charge < -0.3 is 19.5 Å². The van der Waals surface area contributed by atoms with E-state index < -0.39 is 0 Å². The highest BCUT2D eigenvalue weighted by atomic mass is 16.5. The molecule has 0 unspecified atom stereocenters. The van der Waals surface area contributed by atoms with Gasteiger partial charge >= 0.3 is 0 Å². The van der Waals surface area contributed by atoms with E-state index in [0.717, 1.165) is 77.5 Å². The molecule has 0 bridgehead atoms. The first-order chi connectivity index (χ1) is 18.4. The van der Waals surface area contributed by atoms with Crippen LogP contribution < -0.4 is 19.5 Å². The number of rotatable bonds is 11. The third-order valence-corrected chi connectivity index (χ3v) is 6.47. The van der Waals surface area contributed by atoms with Gasteiger partial charge in [-0.05, 0) is 57.7 Å². The second-order valence-corrected chi connectivity index (χ2v) is 9.49. The van der Waals surface area contributed by atoms with Crippen molar-refractivity contribution in [2.45, 2.75) is 59.4 Å². The van der Waals surface area contributed by atoms with E-state index in [1.807, 2.05) is 36.4 Å². The summed E-state index contributed by atoms with van der Waals surface area (Å²) in [7, 11) is 4.99. The van der Waals surface area contributed by atoms with Crippen molar-refractivity contribution in [3.63, 3.8) is 0 Å². The number of amidine groups is 1. The van der Waals surface area contributed by atoms with Gasteiger partial charge in [0.05, 0.1) is 33.6 Å². The number of nitrogens with zero attached hydrogens (tertiary/aromatic N) is 2. The molecule has 0 aromatic heterocycles. The van der Waals surface area contributed by atoms with Crippen molar-refractivity contribution in [2.24, 2.45) is 9.98 Å². The molecule has 38 heavy (non-hydrogen) atoms. The van der Waals surface area contributed by atoms with Crippen molar-refractivity contribution in [1.29, 1.82) is 0 Å². The van der Waals surface area contributed by atoms with Crippen LogP contribution in [0.2, 0.25) is 0 Å². The van der Waals surface area contributed by atoms with Crippen molar-refractivity contribution in [1.82, 2.24) is 0 Å². The molecule has 3 rings (SSSR count). The number of hydrogen-bond acceptors (Lipinski definition) is 5. The van der Waals surface area contributed by atoms with Gasteiger partial charge in [-0.2, -0.15) is 0 Å². The molecule has 0 amide bonds. The van der Waals surface area contributed by atoms with Crippen LogP contribution in [-0.2, 0) is 6.54 Å². The molecule has 1 aliphatic rings. The summed E-state index contributed by atoms with van der Waals surface area (Å²) in [6.07, 6.45) is 6.46. The quantitative estimate of drug-likeness (QED) is 0.309. The molecule has 0 spiro atoms. The Morgan fingerprint density at radius 1 is 0.974 bits per heavy atom. The maximum Gasteiger partial charge on any atom is 0.162 e. The molecule has 0 radical (unpaired) electrons. The Labute approximate surface area is 227 Å². The predicted molar refractivity (Wildman–Crippen MR) is 159 cm³/mol. The average molecular weight is 516 g/mol. The van der Waals surface area contributed by atoms with Crippen molar-refractivity contribution < 1.29 is 14.2 Å². The van der Waals surface area contributed by atoms with E-state index in [1.165, 1.54) is 5.57 Å². The van der Waals surface area contributed by atoms with Gasteiger partial charge in [-0.15, -0.1) is 6.58 Å². The largest absolute Gasteiger partial charge is 0.496 e. The molecule has 6 nitrogen and oxygen atoms in total. The zero-order valence-corrected chi connectivity index (χ0v) is 23.7. The molecule has 2 aromatic carbocycles. The summed E-state index contributed by atoms with van der Waals surface area (Å²) < 4.78 is 16.5. The molecule has 6 heteroatoms. The van der Waals surface area contributed by atoms with Gasteiger partial charge in [-0.25, -0.2) is 4.99 Å². The third-order valence-electron chi connectivity index (χ3n) is 6.47. The first kappa shape index (κ1) is 28.8. The topological polar surface area (TPSA) is 64.4 Å².